The highest BCUT2D eigenvalue weighted by Crippen LogP contribution is 2.27. The summed E-state index contributed by atoms with van der Waals surface area (Å²) in [6, 6.07) is 5.28. The van der Waals surface area contributed by atoms with Gasteiger partial charge in [-0.15, -0.1) is 0 Å². The van der Waals surface area contributed by atoms with Gasteiger partial charge in [0.05, 0.1) is 17.5 Å². The molecular weight excluding hydrogens is 332 g/mol. The summed E-state index contributed by atoms with van der Waals surface area (Å²) in [5, 5.41) is 6.59. The number of hydrogen-bond donors (Lipinski definition) is 2. The molecule has 0 aliphatic rings. The highest BCUT2D eigenvalue weighted by molar-refractivity contribution is 9.10. The van der Waals surface area contributed by atoms with Crippen molar-refractivity contribution in [3.05, 3.63) is 27.7 Å². The molecule has 106 valence electrons. The molecule has 0 bridgehead atoms. The van der Waals surface area contributed by atoms with E-state index >= 15 is 0 Å². The van der Waals surface area contributed by atoms with Crippen LogP contribution in [-0.2, 0) is 4.79 Å². The fourth-order valence-electron chi connectivity index (χ4n) is 1.40. The van der Waals surface area contributed by atoms with E-state index in [1.807, 2.05) is 6.92 Å². The summed E-state index contributed by atoms with van der Waals surface area (Å²) in [6.45, 7) is 4.69. The Labute approximate surface area is 127 Å². The maximum absolute atomic E-state index is 11.5. The maximum atomic E-state index is 11.5. The van der Waals surface area contributed by atoms with Gasteiger partial charge in [-0.05, 0) is 40.7 Å². The van der Waals surface area contributed by atoms with E-state index in [4.69, 9.17) is 16.3 Å². The second-order valence-electron chi connectivity index (χ2n) is 3.88. The van der Waals surface area contributed by atoms with Gasteiger partial charge in [0.15, 0.2) is 0 Å². The summed E-state index contributed by atoms with van der Waals surface area (Å²) in [6.07, 6.45) is 0.335. The number of benzene rings is 1. The summed E-state index contributed by atoms with van der Waals surface area (Å²) < 4.78 is 6.29. The number of amides is 1. The van der Waals surface area contributed by atoms with Crippen molar-refractivity contribution in [1.82, 2.24) is 10.6 Å². The Hall–Kier alpha value is -0.780. The highest BCUT2D eigenvalue weighted by atomic mass is 79.9. The van der Waals surface area contributed by atoms with Crippen molar-refractivity contribution < 1.29 is 9.53 Å². The Morgan fingerprint density at radius 2 is 2.21 bits per heavy atom. The van der Waals surface area contributed by atoms with Gasteiger partial charge in [-0.1, -0.05) is 18.5 Å². The first kappa shape index (κ1) is 16.3. The topological polar surface area (TPSA) is 50.4 Å². The first-order valence-corrected chi connectivity index (χ1v) is 7.36. The van der Waals surface area contributed by atoms with Crippen molar-refractivity contribution in [1.29, 1.82) is 0 Å². The van der Waals surface area contributed by atoms with E-state index in [1.54, 1.807) is 18.2 Å². The number of ether oxygens (including phenoxy) is 1. The van der Waals surface area contributed by atoms with E-state index < -0.39 is 0 Å². The lowest BCUT2D eigenvalue weighted by Crippen LogP contribution is -2.32. The largest absolute Gasteiger partial charge is 0.492 e. The molecule has 1 aromatic carbocycles. The first-order chi connectivity index (χ1) is 9.13. The smallest absolute Gasteiger partial charge is 0.223 e. The third-order valence-electron chi connectivity index (χ3n) is 2.35. The minimum Gasteiger partial charge on any atom is -0.492 e. The minimum absolute atomic E-state index is 0.0111. The summed E-state index contributed by atoms with van der Waals surface area (Å²) in [5.41, 5.74) is 0. The van der Waals surface area contributed by atoms with Crippen molar-refractivity contribution in [3.63, 3.8) is 0 Å². The number of rotatable bonds is 8. The highest BCUT2D eigenvalue weighted by Gasteiger charge is 2.04. The first-order valence-electron chi connectivity index (χ1n) is 6.18. The number of carbonyl (C=O) groups is 1. The van der Waals surface area contributed by atoms with Crippen molar-refractivity contribution in [2.45, 2.75) is 13.3 Å². The average molecular weight is 350 g/mol. The third-order valence-corrected chi connectivity index (χ3v) is 3.21. The van der Waals surface area contributed by atoms with Crippen LogP contribution in [0.15, 0.2) is 22.7 Å². The van der Waals surface area contributed by atoms with Crippen LogP contribution in [0.5, 0.6) is 5.75 Å². The molecule has 1 aromatic rings. The molecule has 0 saturated carbocycles. The fourth-order valence-corrected chi connectivity index (χ4v) is 2.20. The molecule has 0 fully saturated rings. The van der Waals surface area contributed by atoms with E-state index in [0.29, 0.717) is 30.3 Å². The molecule has 0 spiro atoms. The van der Waals surface area contributed by atoms with Crippen molar-refractivity contribution in [2.75, 3.05) is 26.2 Å². The van der Waals surface area contributed by atoms with E-state index in [-0.39, 0.29) is 5.91 Å². The minimum atomic E-state index is -0.0111. The Morgan fingerprint density at radius 3 is 2.89 bits per heavy atom. The number of hydrogen-bond acceptors (Lipinski definition) is 3. The van der Waals surface area contributed by atoms with Crippen LogP contribution in [0.4, 0.5) is 0 Å². The van der Waals surface area contributed by atoms with E-state index in [9.17, 15) is 4.79 Å². The van der Waals surface area contributed by atoms with Gasteiger partial charge in [-0.2, -0.15) is 0 Å². The zero-order valence-corrected chi connectivity index (χ0v) is 13.2. The molecule has 4 nitrogen and oxygen atoms in total. The van der Waals surface area contributed by atoms with E-state index in [1.165, 1.54) is 0 Å². The predicted molar refractivity (Wildman–Crippen MR) is 80.8 cm³/mol. The molecule has 0 heterocycles. The summed E-state index contributed by atoms with van der Waals surface area (Å²) in [4.78, 5) is 11.5. The van der Waals surface area contributed by atoms with E-state index in [2.05, 4.69) is 26.6 Å². The maximum Gasteiger partial charge on any atom is 0.223 e. The number of likely N-dealkylation sites (N-methyl/N-ethyl adjacent to an activating group) is 1. The van der Waals surface area contributed by atoms with Gasteiger partial charge in [0.2, 0.25) is 5.91 Å². The quantitative estimate of drug-likeness (QED) is 0.709. The molecule has 19 heavy (non-hydrogen) atoms. The Morgan fingerprint density at radius 1 is 1.42 bits per heavy atom. The molecule has 0 atom stereocenters. The predicted octanol–water partition coefficient (Wildman–Crippen LogP) is 2.60. The van der Waals surface area contributed by atoms with Crippen LogP contribution in [0.3, 0.4) is 0 Å². The van der Waals surface area contributed by atoms with Gasteiger partial charge < -0.3 is 15.4 Å². The van der Waals surface area contributed by atoms with Crippen LogP contribution in [0.1, 0.15) is 13.3 Å². The Bertz CT molecular complexity index is 416. The van der Waals surface area contributed by atoms with Crippen LogP contribution in [0.2, 0.25) is 5.02 Å². The van der Waals surface area contributed by atoms with Gasteiger partial charge in [0.1, 0.15) is 5.75 Å². The summed E-state index contributed by atoms with van der Waals surface area (Å²) in [7, 11) is 0. The number of carbonyl (C=O) groups excluding carboxylic acids is 1. The van der Waals surface area contributed by atoms with Gasteiger partial charge in [0, 0.05) is 18.1 Å². The van der Waals surface area contributed by atoms with Crippen molar-refractivity contribution >= 4 is 33.4 Å². The molecule has 2 N–H and O–H groups in total. The molecule has 6 heteroatoms. The van der Waals surface area contributed by atoms with Crippen LogP contribution < -0.4 is 15.4 Å². The average Bonchev–Trinajstić information content (AvgIpc) is 2.37. The Balaban J connectivity index is 2.20. The summed E-state index contributed by atoms with van der Waals surface area (Å²) >= 11 is 9.18. The molecular formula is C13H18BrClN2O2. The normalized spacial score (nSPS) is 10.3. The zero-order valence-electron chi connectivity index (χ0n) is 10.8. The second kappa shape index (κ2) is 9.18. The fraction of sp³-hybridized carbons (Fsp3) is 0.462. The van der Waals surface area contributed by atoms with Crippen LogP contribution in [0.25, 0.3) is 0 Å². The Kier molecular flexibility index (Phi) is 7.86. The number of nitrogens with one attached hydrogen (secondary N) is 2. The standard InChI is InChI=1S/C13H18BrClN2O2/c1-2-16-6-7-17-13(18)5-8-19-12-4-3-10(15)9-11(12)14/h3-4,9,16H,2,5-8H2,1H3,(H,17,18). The molecule has 0 aliphatic carbocycles. The lowest BCUT2D eigenvalue weighted by Gasteiger charge is -2.09. The monoisotopic (exact) mass is 348 g/mol. The van der Waals surface area contributed by atoms with Crippen LogP contribution >= 0.6 is 27.5 Å². The van der Waals surface area contributed by atoms with Gasteiger partial charge in [-0.3, -0.25) is 4.79 Å². The lowest BCUT2D eigenvalue weighted by atomic mass is 10.3. The second-order valence-corrected chi connectivity index (χ2v) is 5.17. The molecule has 1 amide bonds. The number of halogens is 2. The molecule has 0 radical (unpaired) electrons. The van der Waals surface area contributed by atoms with Crippen LogP contribution in [-0.4, -0.2) is 32.1 Å². The molecule has 0 saturated heterocycles. The molecule has 1 rings (SSSR count). The van der Waals surface area contributed by atoms with Gasteiger partial charge >= 0.3 is 0 Å². The zero-order chi connectivity index (χ0) is 14.1. The molecule has 0 unspecified atom stereocenters. The van der Waals surface area contributed by atoms with Gasteiger partial charge in [0.25, 0.3) is 0 Å². The molecule has 0 aromatic heterocycles. The van der Waals surface area contributed by atoms with E-state index in [0.717, 1.165) is 17.6 Å². The molecule has 0 aliphatic heterocycles. The van der Waals surface area contributed by atoms with Crippen molar-refractivity contribution in [2.24, 2.45) is 0 Å². The van der Waals surface area contributed by atoms with Crippen LogP contribution in [0, 0.1) is 0 Å². The SMILES string of the molecule is CCNCCNC(=O)CCOc1ccc(Cl)cc1Br. The lowest BCUT2D eigenvalue weighted by molar-refractivity contribution is -0.121. The third kappa shape index (κ3) is 6.80. The van der Waals surface area contributed by atoms with Gasteiger partial charge in [-0.25, -0.2) is 0 Å². The van der Waals surface area contributed by atoms with Crippen molar-refractivity contribution in [3.8, 4) is 5.75 Å². The summed E-state index contributed by atoms with van der Waals surface area (Å²) in [5.74, 6) is 0.674.